The molecule has 0 radical (unpaired) electrons. The Kier molecular flexibility index (Phi) is 5.54. The Morgan fingerprint density at radius 2 is 1.86 bits per heavy atom. The molecule has 2 N–H and O–H groups in total. The average molecular weight is 470 g/mol. The van der Waals surface area contributed by atoms with E-state index >= 15 is 0 Å². The van der Waals surface area contributed by atoms with Crippen LogP contribution in [0.15, 0.2) is 71.9 Å². The van der Waals surface area contributed by atoms with E-state index in [1.165, 1.54) is 24.5 Å². The highest BCUT2D eigenvalue weighted by molar-refractivity contribution is 6.03. The third kappa shape index (κ3) is 4.36. The summed E-state index contributed by atoms with van der Waals surface area (Å²) in [5.41, 5.74) is 2.40. The second-order valence-corrected chi connectivity index (χ2v) is 7.88. The zero-order chi connectivity index (χ0) is 24.5. The molecule has 10 heteroatoms. The number of fused-ring (bicyclic) bond motifs is 1. The lowest BCUT2D eigenvalue weighted by molar-refractivity contribution is 0.102. The first kappa shape index (κ1) is 22.0. The molecule has 9 nitrogen and oxygen atoms in total. The van der Waals surface area contributed by atoms with Gasteiger partial charge in [-0.2, -0.15) is 9.78 Å². The van der Waals surface area contributed by atoms with E-state index in [2.05, 4.69) is 25.4 Å². The molecule has 0 aliphatic carbocycles. The molecule has 0 unspecified atom stereocenters. The van der Waals surface area contributed by atoms with Crippen molar-refractivity contribution in [2.75, 3.05) is 5.32 Å². The number of aryl methyl sites for hydroxylation is 2. The van der Waals surface area contributed by atoms with Gasteiger partial charge in [0.05, 0.1) is 11.1 Å². The van der Waals surface area contributed by atoms with E-state index in [-0.39, 0.29) is 28.6 Å². The molecule has 2 aromatic carbocycles. The van der Waals surface area contributed by atoms with E-state index in [1.54, 1.807) is 31.3 Å². The molecule has 0 saturated heterocycles. The number of nitrogens with one attached hydrogen (secondary N) is 2. The Morgan fingerprint density at radius 3 is 2.63 bits per heavy atom. The Bertz CT molecular complexity index is 1630. The largest absolute Gasteiger partial charge is 0.435 e. The molecule has 35 heavy (non-hydrogen) atoms. The van der Waals surface area contributed by atoms with Crippen molar-refractivity contribution < 1.29 is 13.9 Å². The van der Waals surface area contributed by atoms with Crippen molar-refractivity contribution in [3.63, 3.8) is 0 Å². The number of aromatic nitrogens is 5. The number of carbonyl (C=O) groups excluding carboxylic acids is 1. The highest BCUT2D eigenvalue weighted by Crippen LogP contribution is 2.29. The van der Waals surface area contributed by atoms with Crippen LogP contribution < -0.4 is 15.6 Å². The molecular formula is C25H19FN6O3. The number of benzene rings is 2. The molecular weight excluding hydrogens is 451 g/mol. The van der Waals surface area contributed by atoms with E-state index < -0.39 is 11.7 Å². The van der Waals surface area contributed by atoms with Crippen molar-refractivity contribution in [1.82, 2.24) is 24.7 Å². The number of aromatic amines is 1. The van der Waals surface area contributed by atoms with Gasteiger partial charge in [-0.15, -0.1) is 0 Å². The fourth-order valence-corrected chi connectivity index (χ4v) is 3.52. The van der Waals surface area contributed by atoms with Gasteiger partial charge in [0.2, 0.25) is 5.88 Å². The van der Waals surface area contributed by atoms with Gasteiger partial charge < -0.3 is 15.0 Å². The number of carbonyl (C=O) groups is 1. The standard InChI is InChI=1S/C25H19FN6O3/c1-14-3-6-17(7-4-14)32-21(33)11-15(2)22(31-32)24(34)30-16-5-8-20(19(26)12-16)35-25-18-9-10-27-23(18)28-13-29-25/h3-13H,1-2H3,(H,30,34)(H,27,28,29). The van der Waals surface area contributed by atoms with Crippen LogP contribution >= 0.6 is 0 Å². The Balaban J connectivity index is 1.39. The molecule has 0 aliphatic rings. The summed E-state index contributed by atoms with van der Waals surface area (Å²) in [4.78, 5) is 36.4. The number of halogens is 1. The van der Waals surface area contributed by atoms with Gasteiger partial charge in [-0.05, 0) is 49.7 Å². The molecule has 3 heterocycles. The van der Waals surface area contributed by atoms with Crippen LogP contribution in [0.4, 0.5) is 10.1 Å². The summed E-state index contributed by atoms with van der Waals surface area (Å²) in [6.45, 7) is 3.54. The number of amides is 1. The zero-order valence-corrected chi connectivity index (χ0v) is 18.7. The molecule has 0 fully saturated rings. The maximum absolute atomic E-state index is 14.8. The van der Waals surface area contributed by atoms with Crippen molar-refractivity contribution in [3.05, 3.63) is 100 Å². The summed E-state index contributed by atoms with van der Waals surface area (Å²) in [6.07, 6.45) is 2.99. The minimum Gasteiger partial charge on any atom is -0.435 e. The quantitative estimate of drug-likeness (QED) is 0.396. The van der Waals surface area contributed by atoms with E-state index in [9.17, 15) is 14.0 Å². The number of hydrogen-bond acceptors (Lipinski definition) is 6. The number of nitrogens with zero attached hydrogens (tertiary/aromatic N) is 4. The maximum atomic E-state index is 14.8. The molecule has 0 aliphatic heterocycles. The van der Waals surface area contributed by atoms with E-state index in [1.807, 2.05) is 19.1 Å². The molecule has 1 amide bonds. The van der Waals surface area contributed by atoms with Gasteiger partial charge in [-0.3, -0.25) is 9.59 Å². The predicted octanol–water partition coefficient (Wildman–Crippen LogP) is 4.30. The molecule has 0 spiro atoms. The molecule has 0 saturated carbocycles. The van der Waals surface area contributed by atoms with E-state index in [4.69, 9.17) is 4.74 Å². The normalized spacial score (nSPS) is 10.9. The Labute approximate surface area is 198 Å². The van der Waals surface area contributed by atoms with Crippen molar-refractivity contribution in [3.8, 4) is 17.3 Å². The van der Waals surface area contributed by atoms with Crippen LogP contribution in [-0.4, -0.2) is 30.6 Å². The van der Waals surface area contributed by atoms with Crippen molar-refractivity contribution in [2.45, 2.75) is 13.8 Å². The molecule has 3 aromatic heterocycles. The van der Waals surface area contributed by atoms with Gasteiger partial charge in [0.15, 0.2) is 17.3 Å². The molecule has 5 aromatic rings. The van der Waals surface area contributed by atoms with Gasteiger partial charge in [-0.1, -0.05) is 17.7 Å². The zero-order valence-electron chi connectivity index (χ0n) is 18.7. The lowest BCUT2D eigenvalue weighted by Crippen LogP contribution is -2.26. The van der Waals surface area contributed by atoms with Gasteiger partial charge in [0.25, 0.3) is 11.5 Å². The van der Waals surface area contributed by atoms with E-state index in [0.717, 1.165) is 16.3 Å². The number of H-pyrrole nitrogens is 1. The minimum atomic E-state index is -0.695. The molecule has 0 bridgehead atoms. The van der Waals surface area contributed by atoms with Crippen LogP contribution in [0, 0.1) is 19.7 Å². The second kappa shape index (κ2) is 8.82. The van der Waals surface area contributed by atoms with Crippen molar-refractivity contribution >= 4 is 22.6 Å². The van der Waals surface area contributed by atoms with Crippen molar-refractivity contribution in [2.24, 2.45) is 0 Å². The molecule has 174 valence electrons. The first-order valence-electron chi connectivity index (χ1n) is 10.6. The fraction of sp³-hybridized carbons (Fsp3) is 0.0800. The van der Waals surface area contributed by atoms with Crippen LogP contribution in [0.1, 0.15) is 21.6 Å². The summed E-state index contributed by atoms with van der Waals surface area (Å²) < 4.78 is 21.6. The summed E-state index contributed by atoms with van der Waals surface area (Å²) in [6, 6.07) is 14.3. The topological polar surface area (TPSA) is 115 Å². The number of rotatable bonds is 5. The van der Waals surface area contributed by atoms with E-state index in [0.29, 0.717) is 22.3 Å². The van der Waals surface area contributed by atoms with Gasteiger partial charge in [-0.25, -0.2) is 14.4 Å². The van der Waals surface area contributed by atoms with Crippen LogP contribution in [0.5, 0.6) is 11.6 Å². The Hall–Kier alpha value is -4.86. The molecule has 0 atom stereocenters. The average Bonchev–Trinajstić information content (AvgIpc) is 3.31. The predicted molar refractivity (Wildman–Crippen MR) is 128 cm³/mol. The summed E-state index contributed by atoms with van der Waals surface area (Å²) in [5.74, 6) is -1.14. The summed E-state index contributed by atoms with van der Waals surface area (Å²) >= 11 is 0. The second-order valence-electron chi connectivity index (χ2n) is 7.88. The highest BCUT2D eigenvalue weighted by Gasteiger charge is 2.17. The fourth-order valence-electron chi connectivity index (χ4n) is 3.52. The van der Waals surface area contributed by atoms with Gasteiger partial charge in [0.1, 0.15) is 12.0 Å². The Morgan fingerprint density at radius 1 is 1.06 bits per heavy atom. The van der Waals surface area contributed by atoms with Crippen LogP contribution in [0.2, 0.25) is 0 Å². The summed E-state index contributed by atoms with van der Waals surface area (Å²) in [5, 5.41) is 7.47. The third-order valence-corrected chi connectivity index (χ3v) is 5.33. The number of hydrogen-bond donors (Lipinski definition) is 2. The van der Waals surface area contributed by atoms with Crippen LogP contribution in [-0.2, 0) is 0 Å². The maximum Gasteiger partial charge on any atom is 0.276 e. The van der Waals surface area contributed by atoms with Crippen molar-refractivity contribution in [1.29, 1.82) is 0 Å². The smallest absolute Gasteiger partial charge is 0.276 e. The van der Waals surface area contributed by atoms with Gasteiger partial charge >= 0.3 is 0 Å². The third-order valence-electron chi connectivity index (χ3n) is 5.33. The highest BCUT2D eigenvalue weighted by atomic mass is 19.1. The molecule has 5 rings (SSSR count). The summed E-state index contributed by atoms with van der Waals surface area (Å²) in [7, 11) is 0. The first-order chi connectivity index (χ1) is 16.9. The first-order valence-corrected chi connectivity index (χ1v) is 10.6. The van der Waals surface area contributed by atoms with Crippen LogP contribution in [0.3, 0.4) is 0 Å². The number of anilines is 1. The monoisotopic (exact) mass is 470 g/mol. The SMILES string of the molecule is Cc1ccc(-n2nc(C(=O)Nc3ccc(Oc4ncnc5[nH]ccc45)c(F)c3)c(C)cc2=O)cc1. The minimum absolute atomic E-state index is 0.0433. The lowest BCUT2D eigenvalue weighted by atomic mass is 10.2. The van der Waals surface area contributed by atoms with Crippen LogP contribution in [0.25, 0.3) is 16.7 Å². The lowest BCUT2D eigenvalue weighted by Gasteiger charge is -2.12. The number of ether oxygens (including phenoxy) is 1. The van der Waals surface area contributed by atoms with Gasteiger partial charge in [0, 0.05) is 24.0 Å².